The molecule has 3 aromatic rings. The van der Waals surface area contributed by atoms with Gasteiger partial charge in [-0.3, -0.25) is 14.8 Å². The van der Waals surface area contributed by atoms with Crippen LogP contribution in [0.15, 0.2) is 85.8 Å². The zero-order valence-electron chi connectivity index (χ0n) is 17.5. The minimum Gasteiger partial charge on any atom is -0.504 e. The first-order chi connectivity index (χ1) is 16.4. The normalized spacial score (nSPS) is 13.1. The summed E-state index contributed by atoms with van der Waals surface area (Å²) in [5.74, 6) is -0.659. The van der Waals surface area contributed by atoms with Gasteiger partial charge in [-0.1, -0.05) is 30.3 Å². The highest BCUT2D eigenvalue weighted by molar-refractivity contribution is 8.19. The molecular weight excluding hydrogens is 502 g/mol. The number of phenolic OH excluding ortho intramolecular Hbond substituents is 1. The van der Waals surface area contributed by atoms with E-state index in [4.69, 9.17) is 5.73 Å². The van der Waals surface area contributed by atoms with E-state index in [1.165, 1.54) is 6.07 Å². The van der Waals surface area contributed by atoms with Crippen LogP contribution in [0.3, 0.4) is 0 Å². The van der Waals surface area contributed by atoms with Gasteiger partial charge in [0.2, 0.25) is 5.84 Å². The third-order valence-electron chi connectivity index (χ3n) is 4.42. The van der Waals surface area contributed by atoms with Crippen LogP contribution in [-0.2, 0) is 10.1 Å². The molecule has 8 N–H and O–H groups in total. The number of hydrogen-bond donors (Lipinski definition) is 7. The van der Waals surface area contributed by atoms with E-state index in [-0.39, 0.29) is 33.4 Å². The van der Waals surface area contributed by atoms with Crippen molar-refractivity contribution in [2.75, 3.05) is 11.2 Å². The molecule has 0 saturated carbocycles. The largest absolute Gasteiger partial charge is 0.504 e. The van der Waals surface area contributed by atoms with Crippen LogP contribution in [0.2, 0.25) is 0 Å². The number of azo groups is 1. The van der Waals surface area contributed by atoms with Gasteiger partial charge in [-0.2, -0.15) is 13.5 Å². The Morgan fingerprint density at radius 1 is 0.943 bits per heavy atom. The molecule has 0 unspecified atom stereocenters. The van der Waals surface area contributed by atoms with Crippen molar-refractivity contribution in [3.05, 3.63) is 71.8 Å². The van der Waals surface area contributed by atoms with Gasteiger partial charge in [0.15, 0.2) is 12.0 Å². The maximum Gasteiger partial charge on any atom is 0.294 e. The number of nitrogens with zero attached hydrogens (tertiary/aromatic N) is 3. The van der Waals surface area contributed by atoms with Crippen LogP contribution in [0.5, 0.6) is 5.75 Å². The Hall–Kier alpha value is -3.86. The zero-order chi connectivity index (χ0) is 25.8. The molecule has 0 heterocycles. The van der Waals surface area contributed by atoms with Crippen molar-refractivity contribution < 1.29 is 36.5 Å². The van der Waals surface area contributed by atoms with Crippen LogP contribution in [0, 0.1) is 0 Å². The zero-order valence-corrected chi connectivity index (χ0v) is 19.2. The summed E-state index contributed by atoms with van der Waals surface area (Å²) >= 11 is 0. The van der Waals surface area contributed by atoms with E-state index in [9.17, 15) is 36.5 Å². The summed E-state index contributed by atoms with van der Waals surface area (Å²) in [4.78, 5) is 10.5. The molecule has 0 aromatic heterocycles. The number of aldehydes is 1. The van der Waals surface area contributed by atoms with Crippen LogP contribution in [-0.4, -0.2) is 43.9 Å². The molecule has 0 spiro atoms. The fourth-order valence-corrected chi connectivity index (χ4v) is 3.75. The number of rotatable bonds is 7. The van der Waals surface area contributed by atoms with Gasteiger partial charge in [-0.15, -0.1) is 10.2 Å². The van der Waals surface area contributed by atoms with Crippen LogP contribution in [0.25, 0.3) is 0 Å². The molecule has 184 valence electrons. The number of hydrogen-bond acceptors (Lipinski definition) is 11. The van der Waals surface area contributed by atoms with Crippen molar-refractivity contribution in [2.45, 2.75) is 9.79 Å². The monoisotopic (exact) mass is 521 g/mol. The third-order valence-corrected chi connectivity index (χ3v) is 6.14. The predicted octanol–water partition coefficient (Wildman–Crippen LogP) is 4.17. The Balaban J connectivity index is 2.07. The molecule has 0 aliphatic rings. The topological polar surface area (TPSA) is 227 Å². The number of carbonyl (C=O) groups is 1. The Labute approximate surface area is 200 Å². The number of nitrogens with two attached hydrogens (primary N) is 1. The van der Waals surface area contributed by atoms with E-state index >= 15 is 0 Å². The van der Waals surface area contributed by atoms with Crippen LogP contribution in [0.4, 0.5) is 17.1 Å². The van der Waals surface area contributed by atoms with Gasteiger partial charge in [0.1, 0.15) is 16.6 Å². The second-order valence-electron chi connectivity index (χ2n) is 6.85. The lowest BCUT2D eigenvalue weighted by molar-refractivity contribution is 0.112. The number of nitrogen functional groups attached to an aromatic ring is 1. The fraction of sp³-hybridized carbons (Fsp3) is 0. The maximum atomic E-state index is 11.5. The minimum atomic E-state index is -4.64. The summed E-state index contributed by atoms with van der Waals surface area (Å²) in [6, 6.07) is 13.4. The van der Waals surface area contributed by atoms with E-state index in [1.54, 1.807) is 30.3 Å². The lowest BCUT2D eigenvalue weighted by Gasteiger charge is -2.19. The number of nitrogens with one attached hydrogen (secondary N) is 1. The van der Waals surface area contributed by atoms with E-state index in [0.29, 0.717) is 11.8 Å². The number of carbonyl (C=O) groups excluding carboxylic acids is 1. The predicted molar refractivity (Wildman–Crippen MR) is 129 cm³/mol. The number of phenols is 1. The van der Waals surface area contributed by atoms with Crippen LogP contribution < -0.4 is 11.2 Å². The highest BCUT2D eigenvalue weighted by Gasteiger charge is 2.18. The minimum absolute atomic E-state index is 0.0211. The lowest BCUT2D eigenvalue weighted by Crippen LogP contribution is -2.04. The Morgan fingerprint density at radius 3 is 2.23 bits per heavy atom. The summed E-state index contributed by atoms with van der Waals surface area (Å²) in [6.07, 6.45) is 0.445. The molecule has 0 saturated heterocycles. The van der Waals surface area contributed by atoms with Crippen molar-refractivity contribution in [2.24, 2.45) is 15.3 Å². The molecule has 35 heavy (non-hydrogen) atoms. The first-order valence-electron chi connectivity index (χ1n) is 9.41. The highest BCUT2D eigenvalue weighted by atomic mass is 32.3. The lowest BCUT2D eigenvalue weighted by atomic mass is 10.2. The third kappa shape index (κ3) is 6.38. The molecular formula is C20H19N5O8S2. The van der Waals surface area contributed by atoms with Crippen molar-refractivity contribution >= 4 is 50.2 Å². The van der Waals surface area contributed by atoms with Gasteiger partial charge in [0.25, 0.3) is 10.1 Å². The first kappa shape index (κ1) is 25.8. The second kappa shape index (κ2) is 10.2. The molecule has 13 nitrogen and oxygen atoms in total. The smallest absolute Gasteiger partial charge is 0.294 e. The van der Waals surface area contributed by atoms with Gasteiger partial charge < -0.3 is 24.5 Å². The van der Waals surface area contributed by atoms with Gasteiger partial charge in [-0.25, -0.2) is 0 Å². The van der Waals surface area contributed by atoms with E-state index in [2.05, 4.69) is 20.8 Å². The number of anilines is 2. The Bertz CT molecular complexity index is 1420. The summed E-state index contributed by atoms with van der Waals surface area (Å²) in [6.45, 7) is 0. The molecule has 3 rings (SSSR count). The van der Waals surface area contributed by atoms with Crippen molar-refractivity contribution in [3.63, 3.8) is 0 Å². The van der Waals surface area contributed by atoms with Gasteiger partial charge in [0, 0.05) is 11.1 Å². The summed E-state index contributed by atoms with van der Waals surface area (Å²) < 4.78 is 60.6. The summed E-state index contributed by atoms with van der Waals surface area (Å²) in [7, 11) is -8.72. The summed E-state index contributed by atoms with van der Waals surface area (Å²) in [5.41, 5.74) is 7.70. The van der Waals surface area contributed by atoms with E-state index < -0.39 is 31.6 Å². The number of benzene rings is 3. The molecule has 0 aliphatic carbocycles. The van der Waals surface area contributed by atoms with E-state index in [0.717, 1.165) is 24.3 Å². The van der Waals surface area contributed by atoms with Gasteiger partial charge in [0.05, 0.1) is 21.2 Å². The molecule has 15 heteroatoms. The summed E-state index contributed by atoms with van der Waals surface area (Å²) in [5, 5.41) is 22.1. The molecule has 0 bridgehead atoms. The van der Waals surface area contributed by atoms with Gasteiger partial charge >= 0.3 is 0 Å². The molecule has 0 aliphatic heterocycles. The average Bonchev–Trinajstić information content (AvgIpc) is 2.80. The first-order valence-corrected chi connectivity index (χ1v) is 12.4. The fourth-order valence-electron chi connectivity index (χ4n) is 2.69. The standard InChI is InChI=1S/C20H19N5O8S2/c21-16-8-15(35(31,32)33)10-18(19(16)27)23-25-20(12-4-2-1-3-5-12)24-22-17-9-14(34(28,29)30)7-6-13(17)11-26/h1-11,23,27-30H,21H2,(H,31,32,33)/b24-22?,25-20-. The SMILES string of the molecule is Nc1cc(S(=O)(=O)O)cc(N/N=C(\N=Nc2cc(S(O)(O)O)ccc2C=O)c2ccccc2)c1O. The average molecular weight is 522 g/mol. The number of amidine groups is 1. The van der Waals surface area contributed by atoms with Crippen molar-refractivity contribution in [1.82, 2.24) is 0 Å². The highest BCUT2D eigenvalue weighted by Crippen LogP contribution is 2.45. The molecule has 0 radical (unpaired) electrons. The second-order valence-corrected chi connectivity index (χ2v) is 9.78. The van der Waals surface area contributed by atoms with Crippen molar-refractivity contribution in [3.8, 4) is 5.75 Å². The molecule has 0 atom stereocenters. The molecule has 0 fully saturated rings. The Kier molecular flexibility index (Phi) is 7.49. The Morgan fingerprint density at radius 2 is 1.63 bits per heavy atom. The maximum absolute atomic E-state index is 11.5. The van der Waals surface area contributed by atoms with Crippen LogP contribution >= 0.6 is 10.9 Å². The molecule has 0 amide bonds. The van der Waals surface area contributed by atoms with Gasteiger partial charge in [-0.05, 0) is 30.3 Å². The number of aromatic hydroxyl groups is 1. The number of hydrazone groups is 1. The molecule has 3 aromatic carbocycles. The van der Waals surface area contributed by atoms with E-state index in [1.807, 2.05) is 0 Å². The van der Waals surface area contributed by atoms with Crippen molar-refractivity contribution in [1.29, 1.82) is 0 Å². The van der Waals surface area contributed by atoms with Crippen LogP contribution in [0.1, 0.15) is 15.9 Å². The quantitative estimate of drug-likeness (QED) is 0.0343.